The fourth-order valence-corrected chi connectivity index (χ4v) is 4.63. The van der Waals surface area contributed by atoms with Gasteiger partial charge in [0.25, 0.3) is 0 Å². The van der Waals surface area contributed by atoms with E-state index in [-0.39, 0.29) is 30.7 Å². The fourth-order valence-electron chi connectivity index (χ4n) is 4.52. The van der Waals surface area contributed by atoms with Gasteiger partial charge in [-0.1, -0.05) is 23.7 Å². The Balaban J connectivity index is 1.47. The van der Waals surface area contributed by atoms with Crippen LogP contribution in [0.2, 0.25) is 5.02 Å². The molecule has 1 unspecified atom stereocenters. The van der Waals surface area contributed by atoms with Gasteiger partial charge in [-0.2, -0.15) is 0 Å². The first-order valence-corrected chi connectivity index (χ1v) is 10.2. The van der Waals surface area contributed by atoms with Crippen molar-refractivity contribution in [2.45, 2.75) is 37.1 Å². The highest BCUT2D eigenvalue weighted by Gasteiger charge is 2.61. The molecule has 1 aliphatic heterocycles. The fraction of sp³-hybridized carbons (Fsp3) is 0.333. The minimum atomic E-state index is -1.00. The van der Waals surface area contributed by atoms with Gasteiger partial charge in [0.05, 0.1) is 10.6 Å². The largest absolute Gasteiger partial charge is 0.428 e. The lowest BCUT2D eigenvalue weighted by atomic mass is 9.64. The zero-order chi connectivity index (χ0) is 21.6. The summed E-state index contributed by atoms with van der Waals surface area (Å²) in [5.74, 6) is 0.374. The van der Waals surface area contributed by atoms with E-state index in [0.29, 0.717) is 29.6 Å². The van der Waals surface area contributed by atoms with Crippen molar-refractivity contribution in [3.8, 4) is 0 Å². The van der Waals surface area contributed by atoms with E-state index in [4.69, 9.17) is 16.0 Å². The average molecular weight is 444 g/mol. The maximum atomic E-state index is 13.3. The van der Waals surface area contributed by atoms with Crippen molar-refractivity contribution in [1.29, 1.82) is 0 Å². The molecule has 2 aliphatic rings. The molecule has 1 N–H and O–H groups in total. The molecule has 160 valence electrons. The second kappa shape index (κ2) is 7.58. The summed E-state index contributed by atoms with van der Waals surface area (Å²) in [6.45, 7) is 0.221. The molecule has 1 saturated heterocycles. The summed E-state index contributed by atoms with van der Waals surface area (Å²) in [5, 5.41) is 19.6. The maximum absolute atomic E-state index is 13.3. The van der Waals surface area contributed by atoms with Gasteiger partial charge in [0.15, 0.2) is 6.23 Å². The van der Waals surface area contributed by atoms with E-state index in [0.717, 1.165) is 5.56 Å². The van der Waals surface area contributed by atoms with Crippen molar-refractivity contribution >= 4 is 23.3 Å². The van der Waals surface area contributed by atoms with Gasteiger partial charge in [-0.15, -0.1) is 10.2 Å². The summed E-state index contributed by atoms with van der Waals surface area (Å²) in [6.07, 6.45) is 2.65. The zero-order valence-corrected chi connectivity index (χ0v) is 17.1. The van der Waals surface area contributed by atoms with Crippen LogP contribution in [-0.4, -0.2) is 49.4 Å². The van der Waals surface area contributed by atoms with E-state index >= 15 is 0 Å². The van der Waals surface area contributed by atoms with Crippen LogP contribution in [-0.2, 0) is 11.3 Å². The normalized spacial score (nSPS) is 25.7. The standard InChI is InChI=1S/C21H19ClFN5O3/c22-15-3-6-17(24-9-15)27-11-18(29)28(10-13-1-4-16(23)5-2-13)21(20(27)30)7-14(8-21)19-26-25-12-31-19/h1-6,9,12,14,20,30H,7-8,10-11H2. The van der Waals surface area contributed by atoms with Crippen molar-refractivity contribution in [1.82, 2.24) is 20.1 Å². The number of benzene rings is 1. The number of nitrogens with zero attached hydrogens (tertiary/aromatic N) is 5. The van der Waals surface area contributed by atoms with Gasteiger partial charge >= 0.3 is 0 Å². The van der Waals surface area contributed by atoms with Crippen molar-refractivity contribution < 1.29 is 18.7 Å². The Hall–Kier alpha value is -3.04. The number of carbonyl (C=O) groups excluding carboxylic acids is 1. The van der Waals surface area contributed by atoms with Crippen molar-refractivity contribution in [2.75, 3.05) is 11.4 Å². The second-order valence-corrected chi connectivity index (χ2v) is 8.36. The first-order valence-electron chi connectivity index (χ1n) is 9.83. The molecular formula is C21H19ClFN5O3. The summed E-state index contributed by atoms with van der Waals surface area (Å²) in [6, 6.07) is 9.35. The minimum absolute atomic E-state index is 0.0377. The summed E-state index contributed by atoms with van der Waals surface area (Å²) < 4.78 is 18.7. The van der Waals surface area contributed by atoms with Gasteiger partial charge in [0, 0.05) is 18.7 Å². The number of pyridine rings is 1. The molecular weight excluding hydrogens is 425 g/mol. The van der Waals surface area contributed by atoms with Gasteiger partial charge in [0.2, 0.25) is 18.2 Å². The van der Waals surface area contributed by atoms with Gasteiger partial charge in [-0.3, -0.25) is 4.79 Å². The molecule has 8 nitrogen and oxygen atoms in total. The highest BCUT2D eigenvalue weighted by atomic mass is 35.5. The number of amides is 1. The summed E-state index contributed by atoms with van der Waals surface area (Å²) in [5.41, 5.74) is -0.0925. The van der Waals surface area contributed by atoms with E-state index in [2.05, 4.69) is 15.2 Å². The van der Waals surface area contributed by atoms with E-state index in [1.54, 1.807) is 34.1 Å². The Morgan fingerprint density at radius 2 is 2.00 bits per heavy atom. The van der Waals surface area contributed by atoms with Gasteiger partial charge < -0.3 is 19.3 Å². The molecule has 2 aromatic heterocycles. The Labute approximate surface area is 182 Å². The lowest BCUT2D eigenvalue weighted by Crippen LogP contribution is -2.74. The molecule has 1 aliphatic carbocycles. The number of hydrogen-bond acceptors (Lipinski definition) is 7. The van der Waals surface area contributed by atoms with Crippen molar-refractivity contribution in [2.24, 2.45) is 0 Å². The number of piperazine rings is 1. The number of aliphatic hydroxyl groups excluding tert-OH is 1. The average Bonchev–Trinajstić information content (AvgIpc) is 3.26. The molecule has 1 aromatic carbocycles. The first kappa shape index (κ1) is 19.9. The third-order valence-electron chi connectivity index (χ3n) is 6.11. The van der Waals surface area contributed by atoms with Gasteiger partial charge in [0.1, 0.15) is 18.2 Å². The highest BCUT2D eigenvalue weighted by Crippen LogP contribution is 2.52. The van der Waals surface area contributed by atoms with Gasteiger partial charge in [-0.05, 0) is 42.7 Å². The van der Waals surface area contributed by atoms with E-state index in [1.807, 2.05) is 0 Å². The molecule has 0 bridgehead atoms. The van der Waals surface area contributed by atoms with Crippen molar-refractivity contribution in [3.63, 3.8) is 0 Å². The molecule has 1 amide bonds. The SMILES string of the molecule is O=C1CN(c2ccc(Cl)cn2)C(O)C2(CC(c3nnco3)C2)N1Cc1ccc(F)cc1. The topological polar surface area (TPSA) is 95.6 Å². The number of aliphatic hydroxyl groups is 1. The lowest BCUT2D eigenvalue weighted by Gasteiger charge is -2.60. The molecule has 1 saturated carbocycles. The predicted octanol–water partition coefficient (Wildman–Crippen LogP) is 2.74. The summed E-state index contributed by atoms with van der Waals surface area (Å²) in [4.78, 5) is 20.8. The molecule has 10 heteroatoms. The molecule has 1 atom stereocenters. The molecule has 1 spiro atoms. The number of rotatable bonds is 4. The smallest absolute Gasteiger partial charge is 0.243 e. The molecule has 2 fully saturated rings. The molecule has 31 heavy (non-hydrogen) atoms. The van der Waals surface area contributed by atoms with Crippen LogP contribution in [0.4, 0.5) is 10.2 Å². The highest BCUT2D eigenvalue weighted by molar-refractivity contribution is 6.30. The minimum Gasteiger partial charge on any atom is -0.428 e. The molecule has 3 heterocycles. The Morgan fingerprint density at radius 1 is 1.23 bits per heavy atom. The number of halogens is 2. The van der Waals surface area contributed by atoms with Crippen LogP contribution in [0, 0.1) is 5.82 Å². The maximum Gasteiger partial charge on any atom is 0.243 e. The van der Waals surface area contributed by atoms with Crippen LogP contribution in [0.15, 0.2) is 53.4 Å². The van der Waals surface area contributed by atoms with E-state index in [9.17, 15) is 14.3 Å². The number of hydrogen-bond donors (Lipinski definition) is 1. The number of aromatic nitrogens is 3. The third kappa shape index (κ3) is 3.43. The van der Waals surface area contributed by atoms with E-state index < -0.39 is 11.8 Å². The van der Waals surface area contributed by atoms with Crippen LogP contribution in [0.1, 0.15) is 30.2 Å². The van der Waals surface area contributed by atoms with Crippen LogP contribution < -0.4 is 4.90 Å². The Bertz CT molecular complexity index is 1070. The summed E-state index contributed by atoms with van der Waals surface area (Å²) in [7, 11) is 0. The molecule has 0 radical (unpaired) electrons. The molecule has 5 rings (SSSR count). The Morgan fingerprint density at radius 3 is 2.65 bits per heavy atom. The second-order valence-electron chi connectivity index (χ2n) is 7.93. The van der Waals surface area contributed by atoms with E-state index in [1.165, 1.54) is 24.7 Å². The quantitative estimate of drug-likeness (QED) is 0.662. The predicted molar refractivity (Wildman–Crippen MR) is 109 cm³/mol. The van der Waals surface area contributed by atoms with Crippen LogP contribution >= 0.6 is 11.6 Å². The Kier molecular flexibility index (Phi) is 4.86. The van der Waals surface area contributed by atoms with Crippen molar-refractivity contribution in [3.05, 3.63) is 71.3 Å². The number of anilines is 1. The third-order valence-corrected chi connectivity index (χ3v) is 6.33. The monoisotopic (exact) mass is 443 g/mol. The van der Waals surface area contributed by atoms with Crippen LogP contribution in [0.25, 0.3) is 0 Å². The number of carbonyl (C=O) groups is 1. The first-order chi connectivity index (χ1) is 15.0. The summed E-state index contributed by atoms with van der Waals surface area (Å²) >= 11 is 5.94. The van der Waals surface area contributed by atoms with Crippen LogP contribution in [0.3, 0.4) is 0 Å². The van der Waals surface area contributed by atoms with Crippen LogP contribution in [0.5, 0.6) is 0 Å². The lowest BCUT2D eigenvalue weighted by molar-refractivity contribution is -0.164. The molecule has 3 aromatic rings. The zero-order valence-electron chi connectivity index (χ0n) is 16.4. The van der Waals surface area contributed by atoms with Gasteiger partial charge in [-0.25, -0.2) is 9.37 Å².